The van der Waals surface area contributed by atoms with Crippen LogP contribution in [0, 0.1) is 11.8 Å². The topological polar surface area (TPSA) is 78.8 Å². The molecule has 5 nitrogen and oxygen atoms in total. The summed E-state index contributed by atoms with van der Waals surface area (Å²) >= 11 is 0. The Labute approximate surface area is 246 Å². The number of nitrogens with one attached hydrogen (secondary N) is 1. The molecule has 41 heavy (non-hydrogen) atoms. The molecule has 3 aromatic carbocycles. The van der Waals surface area contributed by atoms with E-state index >= 15 is 0 Å². The lowest BCUT2D eigenvalue weighted by molar-refractivity contribution is -0.136. The molecule has 216 valence electrons. The normalized spacial score (nSPS) is 18.2. The third-order valence-corrected chi connectivity index (χ3v) is 8.24. The molecule has 0 heterocycles. The maximum absolute atomic E-state index is 11.3. The van der Waals surface area contributed by atoms with Gasteiger partial charge in [-0.25, -0.2) is 0 Å². The van der Waals surface area contributed by atoms with Crippen molar-refractivity contribution in [3.8, 4) is 16.9 Å². The first-order chi connectivity index (χ1) is 19.9. The predicted molar refractivity (Wildman–Crippen MR) is 168 cm³/mol. The zero-order valence-corrected chi connectivity index (χ0v) is 24.4. The minimum Gasteiger partial charge on any atom is -0.489 e. The molecule has 2 fully saturated rings. The first-order valence-electron chi connectivity index (χ1n) is 15.2. The molecule has 3 unspecified atom stereocenters. The standard InChI is InChI=1S/C31H36BNO4.C4H8/c1-21(19-32)13-25-9-10-29(25)33-28-16-23(20-37-30-8-3-2-6-26(30)18-31(35)36)15-27(17-28)24-7-4-5-22(14-24)11-12-34;1-2-4-3-1/h2-8,14-17,21,25,29,33-34H,9-13,18-20H2,1H3,(H,35,36);1-4H2. The number of para-hydroxylation sites is 1. The highest BCUT2D eigenvalue weighted by Gasteiger charge is 2.31. The van der Waals surface area contributed by atoms with Crippen LogP contribution in [0.4, 0.5) is 5.69 Å². The highest BCUT2D eigenvalue weighted by Crippen LogP contribution is 2.37. The van der Waals surface area contributed by atoms with Crippen molar-refractivity contribution in [3.05, 3.63) is 83.4 Å². The first kappa shape index (κ1) is 30.7. The second kappa shape index (κ2) is 15.7. The summed E-state index contributed by atoms with van der Waals surface area (Å²) in [6, 6.07) is 22.4. The molecule has 0 amide bonds. The van der Waals surface area contributed by atoms with Gasteiger partial charge in [0.25, 0.3) is 0 Å². The smallest absolute Gasteiger partial charge is 0.307 e. The van der Waals surface area contributed by atoms with Gasteiger partial charge in [-0.3, -0.25) is 4.79 Å². The lowest BCUT2D eigenvalue weighted by atomic mass is 9.72. The van der Waals surface area contributed by atoms with Crippen molar-refractivity contribution in [1.29, 1.82) is 0 Å². The summed E-state index contributed by atoms with van der Waals surface area (Å²) in [5.41, 5.74) is 5.97. The van der Waals surface area contributed by atoms with Gasteiger partial charge in [-0.15, -0.1) is 0 Å². The van der Waals surface area contributed by atoms with E-state index in [0.29, 0.717) is 48.5 Å². The number of hydrogen-bond acceptors (Lipinski definition) is 4. The predicted octanol–water partition coefficient (Wildman–Crippen LogP) is 7.46. The molecule has 3 N–H and O–H groups in total. The third-order valence-electron chi connectivity index (χ3n) is 8.24. The Kier molecular flexibility index (Phi) is 11.7. The van der Waals surface area contributed by atoms with E-state index in [2.05, 4.69) is 42.6 Å². The highest BCUT2D eigenvalue weighted by molar-refractivity contribution is 6.08. The van der Waals surface area contributed by atoms with E-state index in [1.165, 1.54) is 32.1 Å². The van der Waals surface area contributed by atoms with Crippen LogP contribution in [0.5, 0.6) is 5.75 Å². The number of aliphatic carboxylic acids is 1. The minimum absolute atomic E-state index is 0.0784. The van der Waals surface area contributed by atoms with Crippen LogP contribution in [0.25, 0.3) is 11.1 Å². The van der Waals surface area contributed by atoms with Gasteiger partial charge in [0, 0.05) is 23.9 Å². The molecule has 0 aromatic heterocycles. The van der Waals surface area contributed by atoms with Crippen molar-refractivity contribution in [1.82, 2.24) is 0 Å². The number of ether oxygens (including phenoxy) is 1. The Morgan fingerprint density at radius 3 is 2.39 bits per heavy atom. The van der Waals surface area contributed by atoms with Gasteiger partial charge in [-0.1, -0.05) is 87.3 Å². The van der Waals surface area contributed by atoms with Crippen molar-refractivity contribution in [2.24, 2.45) is 11.8 Å². The Morgan fingerprint density at radius 1 is 0.976 bits per heavy atom. The first-order valence-corrected chi connectivity index (χ1v) is 15.2. The fraction of sp³-hybridized carbons (Fsp3) is 0.457. The van der Waals surface area contributed by atoms with Crippen LogP contribution in [0.15, 0.2) is 66.7 Å². The largest absolute Gasteiger partial charge is 0.489 e. The number of aliphatic hydroxyl groups excluding tert-OH is 1. The molecule has 0 saturated heterocycles. The van der Waals surface area contributed by atoms with Crippen LogP contribution < -0.4 is 10.1 Å². The van der Waals surface area contributed by atoms with Crippen LogP contribution in [0.2, 0.25) is 6.32 Å². The third kappa shape index (κ3) is 9.39. The Bertz CT molecular complexity index is 1250. The van der Waals surface area contributed by atoms with Gasteiger partial charge in [-0.2, -0.15) is 0 Å². The SMILES string of the molecule is C1CCC1.[B]CC(C)CC1CCC1Nc1cc(COc2ccccc2CC(=O)O)cc(-c2cccc(CCO)c2)c1. The van der Waals surface area contributed by atoms with Crippen LogP contribution in [-0.4, -0.2) is 36.7 Å². The Balaban J connectivity index is 0.000000890. The molecular formula is C35H44BNO4. The lowest BCUT2D eigenvalue weighted by Crippen LogP contribution is -2.39. The maximum Gasteiger partial charge on any atom is 0.307 e. The zero-order chi connectivity index (χ0) is 29.0. The number of carboxylic acids is 1. The second-order valence-electron chi connectivity index (χ2n) is 11.6. The number of carboxylic acid groups (broad SMARTS) is 1. The number of rotatable bonds is 13. The average Bonchev–Trinajstić information content (AvgIpc) is 2.92. The summed E-state index contributed by atoms with van der Waals surface area (Å²) < 4.78 is 6.13. The second-order valence-corrected chi connectivity index (χ2v) is 11.6. The average molecular weight is 554 g/mol. The molecule has 2 saturated carbocycles. The van der Waals surface area contributed by atoms with Gasteiger partial charge in [-0.05, 0) is 78.1 Å². The molecule has 2 aliphatic carbocycles. The fourth-order valence-corrected chi connectivity index (χ4v) is 5.29. The van der Waals surface area contributed by atoms with Crippen molar-refractivity contribution in [2.45, 2.75) is 83.7 Å². The van der Waals surface area contributed by atoms with Crippen LogP contribution in [0.1, 0.15) is 68.6 Å². The molecule has 0 spiro atoms. The van der Waals surface area contributed by atoms with E-state index in [9.17, 15) is 15.0 Å². The number of anilines is 1. The molecule has 3 aromatic rings. The molecular weight excluding hydrogens is 509 g/mol. The van der Waals surface area contributed by atoms with Crippen LogP contribution in [-0.2, 0) is 24.2 Å². The monoisotopic (exact) mass is 553 g/mol. The van der Waals surface area contributed by atoms with E-state index in [4.69, 9.17) is 12.6 Å². The molecule has 2 radical (unpaired) electrons. The van der Waals surface area contributed by atoms with Crippen molar-refractivity contribution >= 4 is 19.5 Å². The minimum atomic E-state index is -0.883. The van der Waals surface area contributed by atoms with E-state index in [1.54, 1.807) is 6.07 Å². The van der Waals surface area contributed by atoms with Crippen LogP contribution in [0.3, 0.4) is 0 Å². The molecule has 5 rings (SSSR count). The highest BCUT2D eigenvalue weighted by atomic mass is 16.5. The molecule has 3 atom stereocenters. The molecule has 6 heteroatoms. The van der Waals surface area contributed by atoms with Gasteiger partial charge < -0.3 is 20.3 Å². The zero-order valence-electron chi connectivity index (χ0n) is 24.4. The maximum atomic E-state index is 11.3. The van der Waals surface area contributed by atoms with Crippen molar-refractivity contribution in [3.63, 3.8) is 0 Å². The summed E-state index contributed by atoms with van der Waals surface area (Å²) in [5.74, 6) is 0.846. The summed E-state index contributed by atoms with van der Waals surface area (Å²) in [7, 11) is 5.87. The summed E-state index contributed by atoms with van der Waals surface area (Å²) in [5, 5.41) is 22.4. The van der Waals surface area contributed by atoms with Gasteiger partial charge >= 0.3 is 5.97 Å². The van der Waals surface area contributed by atoms with E-state index in [-0.39, 0.29) is 13.0 Å². The summed E-state index contributed by atoms with van der Waals surface area (Å²) in [6.45, 7) is 2.66. The Morgan fingerprint density at radius 2 is 1.73 bits per heavy atom. The summed E-state index contributed by atoms with van der Waals surface area (Å²) in [4.78, 5) is 11.3. The number of aliphatic hydroxyl groups is 1. The van der Waals surface area contributed by atoms with Gasteiger partial charge in [0.2, 0.25) is 0 Å². The number of hydrogen-bond donors (Lipinski definition) is 3. The van der Waals surface area contributed by atoms with E-state index < -0.39 is 5.97 Å². The van der Waals surface area contributed by atoms with E-state index in [0.717, 1.165) is 40.8 Å². The van der Waals surface area contributed by atoms with Gasteiger partial charge in [0.1, 0.15) is 12.4 Å². The Hall–Kier alpha value is -3.25. The fourth-order valence-electron chi connectivity index (χ4n) is 5.29. The van der Waals surface area contributed by atoms with Gasteiger partial charge in [0.05, 0.1) is 14.3 Å². The van der Waals surface area contributed by atoms with Gasteiger partial charge in [0.15, 0.2) is 0 Å². The van der Waals surface area contributed by atoms with Crippen molar-refractivity contribution in [2.75, 3.05) is 11.9 Å². The quantitative estimate of drug-likeness (QED) is 0.192. The number of carbonyl (C=O) groups is 1. The van der Waals surface area contributed by atoms with Crippen molar-refractivity contribution < 1.29 is 19.7 Å². The summed E-state index contributed by atoms with van der Waals surface area (Å²) in [6.07, 6.45) is 10.8. The number of benzene rings is 3. The van der Waals surface area contributed by atoms with Crippen LogP contribution >= 0.6 is 0 Å². The van der Waals surface area contributed by atoms with E-state index in [1.807, 2.05) is 30.3 Å². The molecule has 0 aliphatic heterocycles. The molecule has 2 aliphatic rings. The lowest BCUT2D eigenvalue weighted by Gasteiger charge is -2.39. The molecule has 0 bridgehead atoms.